The molecule has 3 aromatic rings. The largest absolute Gasteiger partial charge is 0.465 e. The molecular weight excluding hydrogens is 362 g/mol. The summed E-state index contributed by atoms with van der Waals surface area (Å²) < 4.78 is 6.75. The molecule has 0 spiro atoms. The minimum Gasteiger partial charge on any atom is -0.465 e. The highest BCUT2D eigenvalue weighted by atomic mass is 32.2. The highest BCUT2D eigenvalue weighted by molar-refractivity contribution is 8.02. The van der Waals surface area contributed by atoms with Crippen LogP contribution in [-0.4, -0.2) is 34.5 Å². The first-order valence-corrected chi connectivity index (χ1v) is 10.1. The minimum absolute atomic E-state index is 0.358. The second-order valence-electron chi connectivity index (χ2n) is 4.89. The predicted octanol–water partition coefficient (Wildman–Crippen LogP) is 4.20. The topological polar surface area (TPSA) is 65.0 Å². The summed E-state index contributed by atoms with van der Waals surface area (Å²) in [6, 6.07) is 7.81. The summed E-state index contributed by atoms with van der Waals surface area (Å²) in [5.74, 6) is 0.183. The van der Waals surface area contributed by atoms with Crippen molar-refractivity contribution < 1.29 is 9.53 Å². The summed E-state index contributed by atoms with van der Waals surface area (Å²) in [6.07, 6.45) is 1.97. The normalized spacial score (nSPS) is 11.0. The van der Waals surface area contributed by atoms with E-state index < -0.39 is 0 Å². The molecule has 0 amide bonds. The zero-order valence-corrected chi connectivity index (χ0v) is 15.8. The quantitative estimate of drug-likeness (QED) is 0.488. The number of para-hydroxylation sites is 1. The van der Waals surface area contributed by atoms with Crippen molar-refractivity contribution in [3.8, 4) is 0 Å². The number of rotatable bonds is 5. The maximum atomic E-state index is 12.3. The molecule has 1 aromatic carbocycles. The third-order valence-corrected chi connectivity index (χ3v) is 6.55. The van der Waals surface area contributed by atoms with E-state index in [1.807, 2.05) is 37.4 Å². The number of hydrogen-bond donors (Lipinski definition) is 0. The van der Waals surface area contributed by atoms with Crippen molar-refractivity contribution in [2.45, 2.75) is 21.4 Å². The van der Waals surface area contributed by atoms with Gasteiger partial charge >= 0.3 is 5.97 Å². The van der Waals surface area contributed by atoms with Crippen molar-refractivity contribution in [1.82, 2.24) is 15.2 Å². The monoisotopic (exact) mass is 377 g/mol. The summed E-state index contributed by atoms with van der Waals surface area (Å²) >= 11 is 4.64. The van der Waals surface area contributed by atoms with Crippen molar-refractivity contribution >= 4 is 51.7 Å². The summed E-state index contributed by atoms with van der Waals surface area (Å²) in [7, 11) is 1.39. The van der Waals surface area contributed by atoms with E-state index >= 15 is 0 Å². The molecule has 0 atom stereocenters. The van der Waals surface area contributed by atoms with E-state index in [4.69, 9.17) is 4.74 Å². The molecule has 124 valence electrons. The number of nitrogens with zero attached hydrogens (tertiary/aromatic N) is 3. The number of ether oxygens (including phenoxy) is 1. The zero-order chi connectivity index (χ0) is 17.1. The smallest absolute Gasteiger partial charge is 0.340 e. The van der Waals surface area contributed by atoms with Gasteiger partial charge in [0.05, 0.1) is 23.9 Å². The van der Waals surface area contributed by atoms with Crippen LogP contribution in [0.15, 0.2) is 32.9 Å². The average molecular weight is 378 g/mol. The van der Waals surface area contributed by atoms with E-state index in [1.54, 1.807) is 11.8 Å². The zero-order valence-electron chi connectivity index (χ0n) is 13.4. The lowest BCUT2D eigenvalue weighted by molar-refractivity contribution is 0.0598. The Morgan fingerprint density at radius 2 is 2.00 bits per heavy atom. The molecule has 0 saturated heterocycles. The fraction of sp³-hybridized carbons (Fsp3) is 0.250. The first kappa shape index (κ1) is 17.2. The first-order valence-electron chi connectivity index (χ1n) is 7.11. The first-order chi connectivity index (χ1) is 11.6. The van der Waals surface area contributed by atoms with Gasteiger partial charge in [-0.2, -0.15) is 0 Å². The summed E-state index contributed by atoms with van der Waals surface area (Å²) in [6.45, 7) is 1.93. The number of hydrogen-bond acceptors (Lipinski definition) is 8. The van der Waals surface area contributed by atoms with Crippen LogP contribution in [0.2, 0.25) is 0 Å². The Bertz CT molecular complexity index is 895. The van der Waals surface area contributed by atoms with Gasteiger partial charge in [-0.1, -0.05) is 53.1 Å². The molecule has 8 heteroatoms. The van der Waals surface area contributed by atoms with Gasteiger partial charge in [0, 0.05) is 11.1 Å². The van der Waals surface area contributed by atoms with Crippen molar-refractivity contribution in [2.75, 3.05) is 13.4 Å². The van der Waals surface area contributed by atoms with Gasteiger partial charge in [-0.05, 0) is 24.8 Å². The number of esters is 1. The van der Waals surface area contributed by atoms with Crippen LogP contribution in [0.25, 0.3) is 10.9 Å². The van der Waals surface area contributed by atoms with E-state index in [9.17, 15) is 4.79 Å². The van der Waals surface area contributed by atoms with E-state index in [1.165, 1.54) is 30.2 Å². The lowest BCUT2D eigenvalue weighted by atomic mass is 10.0. The molecule has 2 heterocycles. The fourth-order valence-electron chi connectivity index (χ4n) is 2.39. The molecule has 2 aromatic heterocycles. The van der Waals surface area contributed by atoms with Crippen LogP contribution in [0, 0.1) is 6.92 Å². The molecule has 3 rings (SSSR count). The molecule has 0 aliphatic rings. The van der Waals surface area contributed by atoms with Crippen LogP contribution in [0.1, 0.15) is 21.6 Å². The Labute approximate surface area is 152 Å². The number of aromatic nitrogens is 3. The van der Waals surface area contributed by atoms with Crippen LogP contribution in [0.4, 0.5) is 0 Å². The fourth-order valence-corrected chi connectivity index (χ4v) is 4.77. The van der Waals surface area contributed by atoms with Gasteiger partial charge in [-0.3, -0.25) is 4.98 Å². The number of benzene rings is 1. The number of methoxy groups -OCH3 is 1. The van der Waals surface area contributed by atoms with E-state index in [2.05, 4.69) is 15.2 Å². The summed E-state index contributed by atoms with van der Waals surface area (Å²) in [5, 5.41) is 9.20. The molecule has 5 nitrogen and oxygen atoms in total. The molecule has 0 saturated carbocycles. The van der Waals surface area contributed by atoms with Gasteiger partial charge in [0.25, 0.3) is 0 Å². The number of carbonyl (C=O) groups is 1. The van der Waals surface area contributed by atoms with Crippen LogP contribution in [-0.2, 0) is 10.5 Å². The number of fused-ring (bicyclic) bond motifs is 1. The third kappa shape index (κ3) is 3.40. The standard InChI is InChI=1S/C16H15N3O2S3/c1-9-10-6-4-5-7-11(10)17-12(13(9)14(20)21-2)8-23-16-19-18-15(22-3)24-16/h4-7H,8H2,1-3H3. The lowest BCUT2D eigenvalue weighted by Crippen LogP contribution is -2.10. The van der Waals surface area contributed by atoms with E-state index in [-0.39, 0.29) is 5.97 Å². The summed E-state index contributed by atoms with van der Waals surface area (Å²) in [4.78, 5) is 16.9. The maximum absolute atomic E-state index is 12.3. The molecule has 0 unspecified atom stereocenters. The second-order valence-corrected chi connectivity index (χ2v) is 8.15. The van der Waals surface area contributed by atoms with Gasteiger partial charge in [0.1, 0.15) is 0 Å². The maximum Gasteiger partial charge on any atom is 0.340 e. The predicted molar refractivity (Wildman–Crippen MR) is 99.1 cm³/mol. The number of thioether (sulfide) groups is 2. The van der Waals surface area contributed by atoms with Crippen LogP contribution < -0.4 is 0 Å². The number of pyridine rings is 1. The Morgan fingerprint density at radius 3 is 2.71 bits per heavy atom. The Hall–Kier alpha value is -1.64. The van der Waals surface area contributed by atoms with Gasteiger partial charge in [0.2, 0.25) is 0 Å². The Kier molecular flexibility index (Phi) is 5.37. The molecular formula is C16H15N3O2S3. The van der Waals surface area contributed by atoms with Gasteiger partial charge in [-0.25, -0.2) is 4.79 Å². The van der Waals surface area contributed by atoms with Crippen molar-refractivity contribution in [2.24, 2.45) is 0 Å². The molecule has 0 bridgehead atoms. The minimum atomic E-state index is -0.358. The summed E-state index contributed by atoms with van der Waals surface area (Å²) in [5.41, 5.74) is 3.02. The number of aryl methyl sites for hydroxylation is 1. The van der Waals surface area contributed by atoms with Crippen LogP contribution in [0.3, 0.4) is 0 Å². The highest BCUT2D eigenvalue weighted by Crippen LogP contribution is 2.32. The SMILES string of the molecule is COC(=O)c1c(CSc2nnc(SC)s2)nc2ccccc2c1C. The van der Waals surface area contributed by atoms with Crippen LogP contribution >= 0.6 is 34.9 Å². The second kappa shape index (κ2) is 7.50. The van der Waals surface area contributed by atoms with Crippen LogP contribution in [0.5, 0.6) is 0 Å². The van der Waals surface area contributed by atoms with E-state index in [0.717, 1.165) is 25.1 Å². The Morgan fingerprint density at radius 1 is 1.25 bits per heavy atom. The third-order valence-electron chi connectivity index (χ3n) is 3.51. The van der Waals surface area contributed by atoms with Crippen molar-refractivity contribution in [3.63, 3.8) is 0 Å². The molecule has 0 aliphatic heterocycles. The molecule has 0 aliphatic carbocycles. The van der Waals surface area contributed by atoms with Crippen molar-refractivity contribution in [1.29, 1.82) is 0 Å². The highest BCUT2D eigenvalue weighted by Gasteiger charge is 2.20. The number of carbonyl (C=O) groups excluding carboxylic acids is 1. The molecule has 0 fully saturated rings. The lowest BCUT2D eigenvalue weighted by Gasteiger charge is -2.12. The van der Waals surface area contributed by atoms with E-state index in [0.29, 0.717) is 17.0 Å². The average Bonchev–Trinajstić information content (AvgIpc) is 3.07. The Balaban J connectivity index is 1.99. The molecule has 0 N–H and O–H groups in total. The van der Waals surface area contributed by atoms with Gasteiger partial charge < -0.3 is 4.74 Å². The molecule has 0 radical (unpaired) electrons. The molecule has 24 heavy (non-hydrogen) atoms. The van der Waals surface area contributed by atoms with Gasteiger partial charge in [0.15, 0.2) is 8.68 Å². The van der Waals surface area contributed by atoms with Crippen molar-refractivity contribution in [3.05, 3.63) is 41.1 Å². The van der Waals surface area contributed by atoms with Gasteiger partial charge in [-0.15, -0.1) is 10.2 Å².